The molecule has 0 aliphatic carbocycles. The predicted molar refractivity (Wildman–Crippen MR) is 346 cm³/mol. The summed E-state index contributed by atoms with van der Waals surface area (Å²) in [6.07, 6.45) is 3.86. The molecule has 0 unspecified atom stereocenters. The number of phenolic OH excluding ortho intramolecular Hbond substituents is 12. The Hall–Kier alpha value is -11.6. The van der Waals surface area contributed by atoms with Crippen molar-refractivity contribution in [3.8, 4) is 92.0 Å². The molecule has 4 atom stereocenters. The Kier molecular flexibility index (Phi) is 25.7. The fraction of sp³-hybridized carbons (Fsp3) is 0.278. The molecule has 0 amide bonds. The van der Waals surface area contributed by atoms with Gasteiger partial charge in [0.2, 0.25) is 0 Å². The van der Waals surface area contributed by atoms with E-state index >= 15 is 0 Å². The third kappa shape index (κ3) is 20.2. The molecule has 0 heterocycles. The van der Waals surface area contributed by atoms with Gasteiger partial charge in [-0.3, -0.25) is 0 Å². The van der Waals surface area contributed by atoms with Crippen molar-refractivity contribution in [2.24, 2.45) is 23.7 Å². The summed E-state index contributed by atoms with van der Waals surface area (Å²) in [6.45, 7) is -0.126. The van der Waals surface area contributed by atoms with Gasteiger partial charge in [0, 0.05) is 11.8 Å². The van der Waals surface area contributed by atoms with Gasteiger partial charge in [-0.1, -0.05) is 48.5 Å². The fourth-order valence-corrected chi connectivity index (χ4v) is 10.7. The molecular formula is C72H76O24. The van der Waals surface area contributed by atoms with Gasteiger partial charge < -0.3 is 99.2 Å². The molecule has 24 nitrogen and oxygen atoms in total. The molecule has 8 rings (SSSR count). The molecule has 0 saturated carbocycles. The van der Waals surface area contributed by atoms with Gasteiger partial charge in [0.15, 0.2) is 69.0 Å². The summed E-state index contributed by atoms with van der Waals surface area (Å²) in [5.74, 6) is -9.72. The van der Waals surface area contributed by atoms with Crippen LogP contribution in [-0.2, 0) is 44.6 Å². The maximum atomic E-state index is 13.0. The monoisotopic (exact) mass is 1320 g/mol. The van der Waals surface area contributed by atoms with Crippen molar-refractivity contribution in [1.29, 1.82) is 0 Å². The molecule has 8 aromatic carbocycles. The number of esters is 4. The first-order chi connectivity index (χ1) is 46.0. The zero-order valence-electron chi connectivity index (χ0n) is 52.9. The topological polar surface area (TPSA) is 385 Å². The van der Waals surface area contributed by atoms with Crippen LogP contribution in [0, 0.1) is 23.7 Å². The number of methoxy groups -OCH3 is 4. The van der Waals surface area contributed by atoms with Gasteiger partial charge in [-0.05, 0) is 183 Å². The van der Waals surface area contributed by atoms with E-state index in [1.165, 1.54) is 0 Å². The van der Waals surface area contributed by atoms with Crippen molar-refractivity contribution in [2.75, 3.05) is 54.9 Å². The Morgan fingerprint density at radius 3 is 0.750 bits per heavy atom. The second-order valence-corrected chi connectivity index (χ2v) is 22.5. The molecule has 8 aromatic rings. The highest BCUT2D eigenvalue weighted by molar-refractivity contribution is 5.93. The number of carbonyl (C=O) groups excluding carboxylic acids is 4. The van der Waals surface area contributed by atoms with E-state index in [1.807, 2.05) is 97.1 Å². The van der Waals surface area contributed by atoms with Crippen LogP contribution in [0.3, 0.4) is 0 Å². The van der Waals surface area contributed by atoms with Gasteiger partial charge >= 0.3 is 23.9 Å². The van der Waals surface area contributed by atoms with Gasteiger partial charge in [-0.15, -0.1) is 0 Å². The van der Waals surface area contributed by atoms with Crippen LogP contribution in [0.1, 0.15) is 89.4 Å². The number of rotatable bonds is 30. The second-order valence-electron chi connectivity index (χ2n) is 22.5. The van der Waals surface area contributed by atoms with E-state index in [-0.39, 0.29) is 72.4 Å². The lowest BCUT2D eigenvalue weighted by molar-refractivity contribution is 0.0358. The number of benzene rings is 8. The van der Waals surface area contributed by atoms with Gasteiger partial charge in [0.25, 0.3) is 0 Å². The molecule has 0 spiro atoms. The number of phenols is 12. The predicted octanol–water partition coefficient (Wildman–Crippen LogP) is 10.9. The fourth-order valence-electron chi connectivity index (χ4n) is 10.7. The molecule has 0 aliphatic rings. The molecule has 0 aliphatic heterocycles. The minimum absolute atomic E-state index is 0.00637. The Morgan fingerprint density at radius 1 is 0.302 bits per heavy atom. The highest BCUT2D eigenvalue weighted by Gasteiger charge is 2.29. The number of hydrogen-bond donors (Lipinski definition) is 12. The zero-order valence-corrected chi connectivity index (χ0v) is 52.9. The number of aromatic hydroxyl groups is 12. The Labute approximate surface area is 552 Å². The van der Waals surface area contributed by atoms with Crippen LogP contribution in [-0.4, -0.2) is 140 Å². The quantitative estimate of drug-likeness (QED) is 0.00861. The van der Waals surface area contributed by atoms with Crippen LogP contribution in [0.2, 0.25) is 0 Å². The normalized spacial score (nSPS) is 12.1. The molecular weight excluding hydrogens is 1250 g/mol. The molecule has 0 bridgehead atoms. The van der Waals surface area contributed by atoms with E-state index < -0.39 is 92.9 Å². The molecule has 12 N–H and O–H groups in total. The van der Waals surface area contributed by atoms with Crippen LogP contribution in [0.25, 0.3) is 0 Å². The standard InChI is InChI=1S/2C36H38O12/c2*1-45-27-9-3-6-21(14-27)12-23(8-5-11-47-35(43)24-16-29(37)33(41)30(38)17-24)26(13-22-7-4-10-28(15-22)46-2)20-48-36(44)25-18-31(39)34(42)32(40)19-25/h2*3-4,6-7,9-10,14-19,23,26,37-42H,5,8,11-13,20H2,1-2H3/t2*23-,26+/m10/s1. The SMILES string of the molecule is COc1cccc(C[C@@H](CCCOC(=O)c2cc(O)c(O)c(O)c2)[C@H](COC(=O)c2cc(O)c(O)c(O)c2)Cc2cccc(OC)c2)c1.COc1cccc(C[C@H](CCCOC(=O)c2cc(O)c(O)c(O)c2)[C@@H](COC(=O)c2cc(O)c(O)c(O)c2)Cc2cccc(OC)c2)c1. The van der Waals surface area contributed by atoms with Gasteiger partial charge in [-0.25, -0.2) is 19.2 Å². The second kappa shape index (κ2) is 34.4. The molecule has 0 aromatic heterocycles. The Morgan fingerprint density at radius 2 is 0.521 bits per heavy atom. The van der Waals surface area contributed by atoms with Crippen molar-refractivity contribution < 1.29 is 118 Å². The van der Waals surface area contributed by atoms with Crippen molar-refractivity contribution in [3.05, 3.63) is 190 Å². The highest BCUT2D eigenvalue weighted by Crippen LogP contribution is 2.40. The average molecular weight is 1330 g/mol. The largest absolute Gasteiger partial charge is 0.504 e. The maximum Gasteiger partial charge on any atom is 0.338 e. The van der Waals surface area contributed by atoms with E-state index in [2.05, 4.69) is 0 Å². The van der Waals surface area contributed by atoms with Crippen molar-refractivity contribution in [1.82, 2.24) is 0 Å². The summed E-state index contributed by atoms with van der Waals surface area (Å²) in [5, 5.41) is 117. The third-order valence-corrected chi connectivity index (χ3v) is 15.8. The van der Waals surface area contributed by atoms with E-state index in [1.54, 1.807) is 28.4 Å². The van der Waals surface area contributed by atoms with Crippen molar-refractivity contribution in [3.63, 3.8) is 0 Å². The summed E-state index contributed by atoms with van der Waals surface area (Å²) < 4.78 is 43.9. The van der Waals surface area contributed by atoms with Crippen LogP contribution in [0.15, 0.2) is 146 Å². The molecule has 0 saturated heterocycles. The first-order valence-electron chi connectivity index (χ1n) is 30.2. The maximum absolute atomic E-state index is 13.0. The minimum Gasteiger partial charge on any atom is -0.504 e. The van der Waals surface area contributed by atoms with Gasteiger partial charge in [-0.2, -0.15) is 0 Å². The minimum atomic E-state index is -0.814. The van der Waals surface area contributed by atoms with Gasteiger partial charge in [0.05, 0.1) is 77.1 Å². The molecule has 24 heteroatoms. The van der Waals surface area contributed by atoms with E-state index in [4.69, 9.17) is 37.9 Å². The van der Waals surface area contributed by atoms with Crippen molar-refractivity contribution in [2.45, 2.75) is 51.4 Å². The molecule has 508 valence electrons. The first-order valence-corrected chi connectivity index (χ1v) is 30.2. The summed E-state index contributed by atoms with van der Waals surface area (Å²) >= 11 is 0. The molecule has 0 fully saturated rings. The summed E-state index contributed by atoms with van der Waals surface area (Å²) in [6, 6.07) is 38.1. The lowest BCUT2D eigenvalue weighted by atomic mass is 9.80. The Balaban J connectivity index is 0.000000271. The summed E-state index contributed by atoms with van der Waals surface area (Å²) in [5.41, 5.74) is 3.20. The smallest absolute Gasteiger partial charge is 0.338 e. The summed E-state index contributed by atoms with van der Waals surface area (Å²) in [7, 11) is 6.27. The van der Waals surface area contributed by atoms with E-state index in [0.29, 0.717) is 74.4 Å². The van der Waals surface area contributed by atoms with Crippen LogP contribution < -0.4 is 18.9 Å². The number of ether oxygens (including phenoxy) is 8. The van der Waals surface area contributed by atoms with Crippen LogP contribution in [0.5, 0.6) is 92.0 Å². The lowest BCUT2D eigenvalue weighted by Gasteiger charge is -2.28. The van der Waals surface area contributed by atoms with E-state index in [9.17, 15) is 80.5 Å². The third-order valence-electron chi connectivity index (χ3n) is 15.8. The van der Waals surface area contributed by atoms with E-state index in [0.717, 1.165) is 70.8 Å². The van der Waals surface area contributed by atoms with Crippen LogP contribution >= 0.6 is 0 Å². The lowest BCUT2D eigenvalue weighted by Crippen LogP contribution is -2.26. The summed E-state index contributed by atoms with van der Waals surface area (Å²) in [4.78, 5) is 51.3. The molecule has 0 radical (unpaired) electrons. The van der Waals surface area contributed by atoms with Crippen LogP contribution in [0.4, 0.5) is 0 Å². The first kappa shape index (κ1) is 71.9. The zero-order chi connectivity index (χ0) is 69.6. The van der Waals surface area contributed by atoms with Crippen molar-refractivity contribution >= 4 is 23.9 Å². The average Bonchev–Trinajstić information content (AvgIpc) is 0.932. The Bertz CT molecular complexity index is 3630. The number of carbonyl (C=O) groups is 4. The number of hydrogen-bond acceptors (Lipinski definition) is 24. The highest BCUT2D eigenvalue weighted by atomic mass is 16.5. The van der Waals surface area contributed by atoms with Gasteiger partial charge in [0.1, 0.15) is 23.0 Å². The molecule has 96 heavy (non-hydrogen) atoms.